The van der Waals surface area contributed by atoms with E-state index in [4.69, 9.17) is 11.6 Å². The average molecular weight is 439 g/mol. The van der Waals surface area contributed by atoms with Gasteiger partial charge in [-0.25, -0.2) is 0 Å². The van der Waals surface area contributed by atoms with Crippen LogP contribution in [0.1, 0.15) is 0 Å². The number of benzene rings is 2. The summed E-state index contributed by atoms with van der Waals surface area (Å²) < 4.78 is 2.84. The Morgan fingerprint density at radius 2 is 1.50 bits per heavy atom. The van der Waals surface area contributed by atoms with Crippen LogP contribution >= 0.6 is 11.6 Å². The third-order valence-corrected chi connectivity index (χ3v) is 15.7. The summed E-state index contributed by atoms with van der Waals surface area (Å²) in [6.07, 6.45) is 1.83. The van der Waals surface area contributed by atoms with E-state index in [1.807, 2.05) is 6.20 Å². The van der Waals surface area contributed by atoms with Crippen molar-refractivity contribution in [1.82, 2.24) is 4.98 Å². The zero-order chi connectivity index (χ0) is 18.7. The second-order valence-electron chi connectivity index (χ2n) is 8.74. The van der Waals surface area contributed by atoms with Crippen molar-refractivity contribution in [2.24, 2.45) is 0 Å². The summed E-state index contributed by atoms with van der Waals surface area (Å²) in [5.74, 6) is 4.85. The molecule has 3 aromatic rings. The molecule has 132 valence electrons. The van der Waals surface area contributed by atoms with E-state index < -0.39 is 21.3 Å². The van der Waals surface area contributed by atoms with E-state index in [0.717, 1.165) is 0 Å². The number of aromatic nitrogens is 1. The van der Waals surface area contributed by atoms with Gasteiger partial charge < -0.3 is 0 Å². The van der Waals surface area contributed by atoms with E-state index in [0.29, 0.717) is 5.15 Å². The van der Waals surface area contributed by atoms with Crippen LogP contribution in [0.15, 0.2) is 54.7 Å². The van der Waals surface area contributed by atoms with Gasteiger partial charge in [-0.3, -0.25) is 0 Å². The van der Waals surface area contributed by atoms with Gasteiger partial charge in [0, 0.05) is 0 Å². The van der Waals surface area contributed by atoms with E-state index in [1.165, 1.54) is 36.2 Å². The first-order valence-corrected chi connectivity index (χ1v) is 19.3. The topological polar surface area (TPSA) is 12.9 Å². The molecule has 0 bridgehead atoms. The van der Waals surface area contributed by atoms with Crippen molar-refractivity contribution in [3.63, 3.8) is 0 Å². The van der Waals surface area contributed by atoms with Crippen LogP contribution in [0.2, 0.25) is 36.3 Å². The maximum absolute atomic E-state index is 6.50. The fourth-order valence-corrected chi connectivity index (χ4v) is 13.2. The summed E-state index contributed by atoms with van der Waals surface area (Å²) >= 11 is 4.09. The number of rotatable bonds is 2. The van der Waals surface area contributed by atoms with Crippen molar-refractivity contribution in [2.45, 2.75) is 31.2 Å². The molecule has 4 heteroatoms. The summed E-state index contributed by atoms with van der Waals surface area (Å²) in [5, 5.41) is 2.20. The van der Waals surface area contributed by atoms with Crippen LogP contribution in [-0.4, -0.2) is 26.3 Å². The molecule has 0 atom stereocenters. The second-order valence-corrected chi connectivity index (χ2v) is 23.2. The molecular weight excluding hydrogens is 414 g/mol. The van der Waals surface area contributed by atoms with Gasteiger partial charge in [-0.1, -0.05) is 0 Å². The molecular formula is C22H24ClGeNSi. The summed E-state index contributed by atoms with van der Waals surface area (Å²) in [6, 6.07) is 18.3. The normalized spacial score (nSPS) is 14.8. The van der Waals surface area contributed by atoms with Gasteiger partial charge in [0.2, 0.25) is 0 Å². The Balaban J connectivity index is 1.82. The molecule has 0 unspecified atom stereocenters. The van der Waals surface area contributed by atoms with Crippen LogP contribution in [0.4, 0.5) is 0 Å². The van der Waals surface area contributed by atoms with E-state index in [2.05, 4.69) is 84.7 Å². The van der Waals surface area contributed by atoms with Gasteiger partial charge in [0.05, 0.1) is 0 Å². The minimum absolute atomic E-state index is 0.699. The van der Waals surface area contributed by atoms with E-state index in [-0.39, 0.29) is 0 Å². The molecule has 1 nitrogen and oxygen atoms in total. The Hall–Kier alpha value is -1.36. The fourth-order valence-electron chi connectivity index (χ4n) is 4.03. The first kappa shape index (κ1) is 18.0. The molecule has 0 saturated heterocycles. The van der Waals surface area contributed by atoms with E-state index in [9.17, 15) is 0 Å². The van der Waals surface area contributed by atoms with Crippen molar-refractivity contribution in [3.8, 4) is 22.3 Å². The zero-order valence-corrected chi connectivity index (χ0v) is 19.9. The van der Waals surface area contributed by atoms with Gasteiger partial charge in [0.25, 0.3) is 0 Å². The molecule has 0 aliphatic carbocycles. The molecule has 1 aliphatic heterocycles. The SMILES string of the molecule is C[Si](C)(C)c1ccc(-c2ccc3[c](c2)[Ge]([CH3])([CH3])[c]2c-3ccnc2Cl)cc1. The Bertz CT molecular complexity index is 1000. The molecule has 0 amide bonds. The molecule has 0 radical (unpaired) electrons. The number of halogens is 1. The van der Waals surface area contributed by atoms with Crippen LogP contribution in [0.5, 0.6) is 0 Å². The van der Waals surface area contributed by atoms with Gasteiger partial charge in [-0.15, -0.1) is 0 Å². The predicted octanol–water partition coefficient (Wildman–Crippen LogP) is 4.75. The van der Waals surface area contributed by atoms with Gasteiger partial charge in [-0.2, -0.15) is 0 Å². The number of fused-ring (bicyclic) bond motifs is 3. The third kappa shape index (κ3) is 2.79. The van der Waals surface area contributed by atoms with Crippen LogP contribution < -0.4 is 14.0 Å². The first-order valence-electron chi connectivity index (χ1n) is 9.10. The van der Waals surface area contributed by atoms with Crippen molar-refractivity contribution in [2.75, 3.05) is 0 Å². The molecule has 0 N–H and O–H groups in total. The summed E-state index contributed by atoms with van der Waals surface area (Å²) in [4.78, 5) is 4.36. The van der Waals surface area contributed by atoms with Gasteiger partial charge >= 0.3 is 165 Å². The molecule has 0 spiro atoms. The van der Waals surface area contributed by atoms with Gasteiger partial charge in [0.15, 0.2) is 0 Å². The number of pyridine rings is 1. The van der Waals surface area contributed by atoms with E-state index >= 15 is 0 Å². The van der Waals surface area contributed by atoms with Crippen LogP contribution in [0, 0.1) is 0 Å². The number of nitrogens with zero attached hydrogens (tertiary/aromatic N) is 1. The Kier molecular flexibility index (Phi) is 4.22. The molecule has 0 fully saturated rings. The molecule has 2 heterocycles. The molecule has 1 aliphatic rings. The molecule has 26 heavy (non-hydrogen) atoms. The maximum atomic E-state index is 6.50. The van der Waals surface area contributed by atoms with Crippen molar-refractivity contribution < 1.29 is 0 Å². The fraction of sp³-hybridized carbons (Fsp3) is 0.227. The summed E-state index contributed by atoms with van der Waals surface area (Å²) in [7, 11) is -1.26. The average Bonchev–Trinajstić information content (AvgIpc) is 2.83. The molecule has 0 saturated carbocycles. The van der Waals surface area contributed by atoms with Gasteiger partial charge in [0.1, 0.15) is 0 Å². The minimum atomic E-state index is -2.41. The quantitative estimate of drug-likeness (QED) is 0.416. The second kappa shape index (κ2) is 6.08. The third-order valence-electron chi connectivity index (χ3n) is 5.60. The van der Waals surface area contributed by atoms with Crippen LogP contribution in [-0.2, 0) is 0 Å². The number of hydrogen-bond acceptors (Lipinski definition) is 1. The Morgan fingerprint density at radius 1 is 0.846 bits per heavy atom. The van der Waals surface area contributed by atoms with Crippen LogP contribution in [0.3, 0.4) is 0 Å². The summed E-state index contributed by atoms with van der Waals surface area (Å²) in [5.41, 5.74) is 5.26. The Labute approximate surface area is 164 Å². The van der Waals surface area contributed by atoms with Gasteiger partial charge in [-0.05, 0) is 0 Å². The summed E-state index contributed by atoms with van der Waals surface area (Å²) in [6.45, 7) is 7.17. The van der Waals surface area contributed by atoms with Crippen molar-refractivity contribution in [1.29, 1.82) is 0 Å². The monoisotopic (exact) mass is 439 g/mol. The van der Waals surface area contributed by atoms with Crippen LogP contribution in [0.25, 0.3) is 22.3 Å². The number of hydrogen-bond donors (Lipinski definition) is 0. The molecule has 2 aromatic carbocycles. The van der Waals surface area contributed by atoms with Crippen molar-refractivity contribution in [3.05, 3.63) is 59.9 Å². The van der Waals surface area contributed by atoms with Crippen molar-refractivity contribution >= 4 is 46.9 Å². The molecule has 1 aromatic heterocycles. The zero-order valence-electron chi connectivity index (χ0n) is 16.0. The molecule has 4 rings (SSSR count). The van der Waals surface area contributed by atoms with E-state index in [1.54, 1.807) is 0 Å². The standard InChI is InChI=1S/C22H24ClGeNSi/c1-24(2)20-14-16(15-6-9-17(10-7-15)26(3,4)5)8-11-18(20)19-12-13-25-22(23)21(19)24/h6-14H,1-5H3. The predicted molar refractivity (Wildman–Crippen MR) is 120 cm³/mol. The Morgan fingerprint density at radius 3 is 2.15 bits per heavy atom. The first-order chi connectivity index (χ1) is 12.2.